The van der Waals surface area contributed by atoms with Crippen LogP contribution in [0.3, 0.4) is 0 Å². The van der Waals surface area contributed by atoms with Gasteiger partial charge in [-0.25, -0.2) is 4.98 Å². The van der Waals surface area contributed by atoms with Crippen molar-refractivity contribution in [2.75, 3.05) is 6.54 Å². The standard InChI is InChI=1S/C16H16ClN5O/c1-2-12-15(22-8-11(17)3-4-14(22)19-12)16(23)21-6-5-10-7-18-20-13(10)9-21/h3-4,7-8H,2,5-6,9H2,1H3,(H,18,20). The number of hydrogen-bond donors (Lipinski definition) is 1. The number of fused-ring (bicyclic) bond motifs is 2. The molecule has 1 aliphatic heterocycles. The molecule has 0 aromatic carbocycles. The molecule has 1 N–H and O–H groups in total. The van der Waals surface area contributed by atoms with Gasteiger partial charge in [0, 0.05) is 12.7 Å². The number of rotatable bonds is 2. The third-order valence-electron chi connectivity index (χ3n) is 4.29. The van der Waals surface area contributed by atoms with Crippen LogP contribution in [0.4, 0.5) is 0 Å². The Morgan fingerprint density at radius 1 is 1.43 bits per heavy atom. The average Bonchev–Trinajstić information content (AvgIpc) is 3.16. The molecule has 0 spiro atoms. The fraction of sp³-hybridized carbons (Fsp3) is 0.312. The quantitative estimate of drug-likeness (QED) is 0.785. The Balaban J connectivity index is 1.76. The molecular formula is C16H16ClN5O. The van der Waals surface area contributed by atoms with E-state index in [9.17, 15) is 4.79 Å². The number of aromatic nitrogens is 4. The van der Waals surface area contributed by atoms with Gasteiger partial charge < -0.3 is 4.90 Å². The molecule has 7 heteroatoms. The Hall–Kier alpha value is -2.34. The van der Waals surface area contributed by atoms with Crippen LogP contribution in [-0.2, 0) is 19.4 Å². The zero-order valence-corrected chi connectivity index (χ0v) is 13.5. The van der Waals surface area contributed by atoms with Gasteiger partial charge in [-0.05, 0) is 30.5 Å². The van der Waals surface area contributed by atoms with E-state index < -0.39 is 0 Å². The third kappa shape index (κ3) is 2.30. The largest absolute Gasteiger partial charge is 0.331 e. The van der Waals surface area contributed by atoms with Gasteiger partial charge in [-0.1, -0.05) is 18.5 Å². The summed E-state index contributed by atoms with van der Waals surface area (Å²) in [4.78, 5) is 19.5. The molecule has 23 heavy (non-hydrogen) atoms. The van der Waals surface area contributed by atoms with Crippen molar-refractivity contribution >= 4 is 23.2 Å². The fourth-order valence-electron chi connectivity index (χ4n) is 3.08. The van der Waals surface area contributed by atoms with Gasteiger partial charge in [0.1, 0.15) is 11.3 Å². The van der Waals surface area contributed by atoms with Crippen molar-refractivity contribution < 1.29 is 4.79 Å². The maximum absolute atomic E-state index is 13.1. The first-order chi connectivity index (χ1) is 11.2. The predicted octanol–water partition coefficient (Wildman–Crippen LogP) is 2.47. The van der Waals surface area contributed by atoms with Crippen molar-refractivity contribution in [3.63, 3.8) is 0 Å². The molecule has 118 valence electrons. The highest BCUT2D eigenvalue weighted by Gasteiger charge is 2.27. The van der Waals surface area contributed by atoms with E-state index in [2.05, 4.69) is 15.2 Å². The van der Waals surface area contributed by atoms with E-state index >= 15 is 0 Å². The van der Waals surface area contributed by atoms with Crippen LogP contribution in [0.2, 0.25) is 5.02 Å². The van der Waals surface area contributed by atoms with E-state index in [0.717, 1.165) is 23.5 Å². The number of carbonyl (C=O) groups is 1. The molecule has 1 aliphatic rings. The molecule has 3 aromatic rings. The highest BCUT2D eigenvalue weighted by molar-refractivity contribution is 6.30. The van der Waals surface area contributed by atoms with Crippen molar-refractivity contribution in [1.82, 2.24) is 24.5 Å². The Morgan fingerprint density at radius 3 is 3.13 bits per heavy atom. The molecule has 0 saturated heterocycles. The number of halogens is 1. The van der Waals surface area contributed by atoms with Crippen molar-refractivity contribution in [3.05, 3.63) is 52.2 Å². The second-order valence-electron chi connectivity index (χ2n) is 5.69. The summed E-state index contributed by atoms with van der Waals surface area (Å²) in [6, 6.07) is 3.62. The highest BCUT2D eigenvalue weighted by atomic mass is 35.5. The van der Waals surface area contributed by atoms with Gasteiger partial charge in [0.25, 0.3) is 5.91 Å². The van der Waals surface area contributed by atoms with Gasteiger partial charge in [-0.2, -0.15) is 5.10 Å². The van der Waals surface area contributed by atoms with Gasteiger partial charge >= 0.3 is 0 Å². The van der Waals surface area contributed by atoms with E-state index in [4.69, 9.17) is 11.6 Å². The minimum absolute atomic E-state index is 0.0168. The summed E-state index contributed by atoms with van der Waals surface area (Å²) in [5.74, 6) is -0.0168. The van der Waals surface area contributed by atoms with Crippen molar-refractivity contribution in [2.24, 2.45) is 0 Å². The lowest BCUT2D eigenvalue weighted by molar-refractivity contribution is 0.0724. The van der Waals surface area contributed by atoms with Crippen molar-refractivity contribution in [3.8, 4) is 0 Å². The van der Waals surface area contributed by atoms with Gasteiger partial charge in [-0.3, -0.25) is 14.3 Å². The first kappa shape index (κ1) is 14.3. The lowest BCUT2D eigenvalue weighted by Crippen LogP contribution is -2.36. The predicted molar refractivity (Wildman–Crippen MR) is 86.6 cm³/mol. The summed E-state index contributed by atoms with van der Waals surface area (Å²) in [6.07, 6.45) is 5.10. The first-order valence-electron chi connectivity index (χ1n) is 7.64. The molecule has 0 atom stereocenters. The Bertz CT molecular complexity index is 897. The lowest BCUT2D eigenvalue weighted by atomic mass is 10.1. The van der Waals surface area contributed by atoms with E-state index in [-0.39, 0.29) is 5.91 Å². The van der Waals surface area contributed by atoms with Crippen LogP contribution >= 0.6 is 11.6 Å². The van der Waals surface area contributed by atoms with Crippen LogP contribution in [-0.4, -0.2) is 36.9 Å². The normalized spacial score (nSPS) is 14.3. The molecule has 0 aliphatic carbocycles. The maximum Gasteiger partial charge on any atom is 0.273 e. The zero-order chi connectivity index (χ0) is 16.0. The Kier molecular flexibility index (Phi) is 3.34. The summed E-state index contributed by atoms with van der Waals surface area (Å²) >= 11 is 6.10. The summed E-state index contributed by atoms with van der Waals surface area (Å²) in [5, 5.41) is 7.62. The topological polar surface area (TPSA) is 66.3 Å². The third-order valence-corrected chi connectivity index (χ3v) is 4.51. The fourth-order valence-corrected chi connectivity index (χ4v) is 3.24. The molecule has 0 bridgehead atoms. The van der Waals surface area contributed by atoms with Crippen LogP contribution in [0.25, 0.3) is 5.65 Å². The number of nitrogens with one attached hydrogen (secondary N) is 1. The molecule has 4 heterocycles. The number of carbonyl (C=O) groups excluding carboxylic acids is 1. The van der Waals surface area contributed by atoms with Gasteiger partial charge in [-0.15, -0.1) is 0 Å². The number of imidazole rings is 1. The SMILES string of the molecule is CCc1nc2ccc(Cl)cn2c1C(=O)N1CCc2cn[nH]c2C1. The monoisotopic (exact) mass is 329 g/mol. The second kappa shape index (κ2) is 5.38. The summed E-state index contributed by atoms with van der Waals surface area (Å²) in [5.41, 5.74) is 4.34. The average molecular weight is 330 g/mol. The minimum Gasteiger partial charge on any atom is -0.331 e. The van der Waals surface area contributed by atoms with Crippen LogP contribution in [0.1, 0.15) is 34.4 Å². The number of pyridine rings is 1. The molecular weight excluding hydrogens is 314 g/mol. The van der Waals surface area contributed by atoms with Crippen LogP contribution in [0.15, 0.2) is 24.5 Å². The molecule has 0 fully saturated rings. The van der Waals surface area contributed by atoms with Gasteiger partial charge in [0.2, 0.25) is 0 Å². The molecule has 0 radical (unpaired) electrons. The van der Waals surface area contributed by atoms with Crippen LogP contribution in [0.5, 0.6) is 0 Å². The van der Waals surface area contributed by atoms with E-state index in [1.807, 2.05) is 24.1 Å². The maximum atomic E-state index is 13.1. The Labute approximate surface area is 138 Å². The number of aryl methyl sites for hydroxylation is 1. The van der Waals surface area contributed by atoms with E-state index in [1.54, 1.807) is 16.7 Å². The van der Waals surface area contributed by atoms with E-state index in [1.165, 1.54) is 5.56 Å². The molecule has 0 unspecified atom stereocenters. The molecule has 4 rings (SSSR count). The summed E-state index contributed by atoms with van der Waals surface area (Å²) in [7, 11) is 0. The molecule has 1 amide bonds. The molecule has 0 saturated carbocycles. The number of nitrogens with zero attached hydrogens (tertiary/aromatic N) is 4. The number of amides is 1. The molecule has 6 nitrogen and oxygen atoms in total. The van der Waals surface area contributed by atoms with E-state index in [0.29, 0.717) is 30.2 Å². The van der Waals surface area contributed by atoms with Crippen molar-refractivity contribution in [2.45, 2.75) is 26.3 Å². The smallest absolute Gasteiger partial charge is 0.273 e. The van der Waals surface area contributed by atoms with Crippen LogP contribution < -0.4 is 0 Å². The lowest BCUT2D eigenvalue weighted by Gasteiger charge is -2.26. The van der Waals surface area contributed by atoms with Crippen LogP contribution in [0, 0.1) is 0 Å². The van der Waals surface area contributed by atoms with Gasteiger partial charge in [0.15, 0.2) is 0 Å². The summed E-state index contributed by atoms with van der Waals surface area (Å²) in [6.45, 7) is 3.23. The number of H-pyrrole nitrogens is 1. The zero-order valence-electron chi connectivity index (χ0n) is 12.7. The van der Waals surface area contributed by atoms with Gasteiger partial charge in [0.05, 0.1) is 29.2 Å². The highest BCUT2D eigenvalue weighted by Crippen LogP contribution is 2.22. The minimum atomic E-state index is -0.0168. The van der Waals surface area contributed by atoms with Crippen molar-refractivity contribution in [1.29, 1.82) is 0 Å². The summed E-state index contributed by atoms with van der Waals surface area (Å²) < 4.78 is 1.80. The second-order valence-corrected chi connectivity index (χ2v) is 6.12. The first-order valence-corrected chi connectivity index (χ1v) is 8.02. The molecule has 3 aromatic heterocycles. The number of aromatic amines is 1. The number of hydrogen-bond acceptors (Lipinski definition) is 3. The Morgan fingerprint density at radius 2 is 2.30 bits per heavy atom.